The number of aromatic nitrogens is 2. The predicted octanol–water partition coefficient (Wildman–Crippen LogP) is 1.76. The fourth-order valence-corrected chi connectivity index (χ4v) is 3.68. The van der Waals surface area contributed by atoms with Crippen LogP contribution in [-0.2, 0) is 0 Å². The van der Waals surface area contributed by atoms with Gasteiger partial charge in [-0.25, -0.2) is 4.98 Å². The molecule has 0 aromatic carbocycles. The Hall–Kier alpha value is -2.83. The first kappa shape index (κ1) is 17.6. The van der Waals surface area contributed by atoms with Gasteiger partial charge in [0.2, 0.25) is 0 Å². The molecule has 7 nitrogen and oxygen atoms in total. The van der Waals surface area contributed by atoms with E-state index in [0.29, 0.717) is 11.3 Å². The Morgan fingerprint density at radius 3 is 2.52 bits per heavy atom. The smallest absolute Gasteiger partial charge is 0.366 e. The zero-order valence-electron chi connectivity index (χ0n) is 15.4. The van der Waals surface area contributed by atoms with Gasteiger partial charge in [-0.1, -0.05) is 0 Å². The highest BCUT2D eigenvalue weighted by Crippen LogP contribution is 2.21. The summed E-state index contributed by atoms with van der Waals surface area (Å²) in [4.78, 5) is 24.2. The first-order valence-electron chi connectivity index (χ1n) is 9.63. The second kappa shape index (κ2) is 7.82. The monoisotopic (exact) mass is 368 g/mol. The molecule has 2 aliphatic rings. The molecule has 0 radical (unpaired) electrons. The van der Waals surface area contributed by atoms with Gasteiger partial charge in [0.25, 0.3) is 5.91 Å². The number of H-pyrrole nitrogens is 1. The molecule has 1 amide bonds. The van der Waals surface area contributed by atoms with Crippen LogP contribution in [0.5, 0.6) is 5.88 Å². The van der Waals surface area contributed by atoms with E-state index in [1.54, 1.807) is 12.4 Å². The number of pyridine rings is 2. The number of ether oxygens (including phenoxy) is 1. The van der Waals surface area contributed by atoms with E-state index in [2.05, 4.69) is 14.9 Å². The molecule has 2 aromatic rings. The molecule has 0 saturated carbocycles. The maximum atomic E-state index is 12.4. The van der Waals surface area contributed by atoms with Crippen molar-refractivity contribution in [3.8, 4) is 5.88 Å². The molecule has 142 valence electrons. The summed E-state index contributed by atoms with van der Waals surface area (Å²) in [5, 5.41) is 0. The van der Waals surface area contributed by atoms with E-state index in [-0.39, 0.29) is 12.0 Å². The number of likely N-dealkylation sites (tertiary alicyclic amines) is 1. The number of amides is 1. The molecule has 27 heavy (non-hydrogen) atoms. The van der Waals surface area contributed by atoms with Crippen molar-refractivity contribution in [2.75, 3.05) is 36.8 Å². The van der Waals surface area contributed by atoms with Gasteiger partial charge in [0.1, 0.15) is 11.9 Å². The quantitative estimate of drug-likeness (QED) is 0.889. The third kappa shape index (κ3) is 4.13. The molecular weight excluding hydrogens is 342 g/mol. The summed E-state index contributed by atoms with van der Waals surface area (Å²) in [6, 6.07) is 7.54. The Morgan fingerprint density at radius 2 is 1.89 bits per heavy atom. The van der Waals surface area contributed by atoms with Gasteiger partial charge in [0.15, 0.2) is 6.20 Å². The number of nitrogens with two attached hydrogens (primary N) is 1. The number of carbonyl (C=O) groups is 1. The normalized spacial score (nSPS) is 17.9. The lowest BCUT2D eigenvalue weighted by Gasteiger charge is -2.32. The number of hydrogen-bond donors (Lipinski definition) is 1. The lowest BCUT2D eigenvalue weighted by molar-refractivity contribution is -0.396. The third-order valence-corrected chi connectivity index (χ3v) is 5.26. The molecule has 2 aliphatic heterocycles. The molecule has 4 rings (SSSR count). The zero-order chi connectivity index (χ0) is 18.6. The molecule has 4 heterocycles. The number of hydrogen-bond acceptors (Lipinski definition) is 5. The van der Waals surface area contributed by atoms with E-state index >= 15 is 0 Å². The van der Waals surface area contributed by atoms with Crippen molar-refractivity contribution in [2.45, 2.75) is 31.8 Å². The van der Waals surface area contributed by atoms with Crippen LogP contribution >= 0.6 is 0 Å². The molecule has 2 fully saturated rings. The Balaban J connectivity index is 1.31. The SMILES string of the molecule is Nc1ccc(OC2CCN(c3ccc(C(=O)N4CCCC4)cn3)CC2)[nH+]c1. The Morgan fingerprint density at radius 1 is 1.11 bits per heavy atom. The van der Waals surface area contributed by atoms with E-state index < -0.39 is 0 Å². The van der Waals surface area contributed by atoms with Gasteiger partial charge in [0, 0.05) is 45.2 Å². The van der Waals surface area contributed by atoms with Crippen LogP contribution in [0.1, 0.15) is 36.0 Å². The molecule has 0 atom stereocenters. The van der Waals surface area contributed by atoms with Crippen LogP contribution < -0.4 is 20.4 Å². The van der Waals surface area contributed by atoms with Gasteiger partial charge in [-0.15, -0.1) is 0 Å². The van der Waals surface area contributed by atoms with E-state index in [4.69, 9.17) is 10.5 Å². The number of piperidine rings is 1. The molecule has 7 heteroatoms. The van der Waals surface area contributed by atoms with E-state index in [1.165, 1.54) is 0 Å². The lowest BCUT2D eigenvalue weighted by atomic mass is 10.1. The van der Waals surface area contributed by atoms with Crippen LogP contribution in [0.2, 0.25) is 0 Å². The second-order valence-corrected chi connectivity index (χ2v) is 7.19. The maximum Gasteiger partial charge on any atom is 0.366 e. The highest BCUT2D eigenvalue weighted by atomic mass is 16.5. The van der Waals surface area contributed by atoms with Crippen molar-refractivity contribution in [1.29, 1.82) is 0 Å². The molecular formula is C20H26N5O2+. The maximum absolute atomic E-state index is 12.4. The highest BCUT2D eigenvalue weighted by Gasteiger charge is 2.24. The number of rotatable bonds is 4. The van der Waals surface area contributed by atoms with Gasteiger partial charge in [-0.05, 0) is 31.0 Å². The van der Waals surface area contributed by atoms with Crippen molar-refractivity contribution < 1.29 is 14.5 Å². The fourth-order valence-electron chi connectivity index (χ4n) is 3.68. The topological polar surface area (TPSA) is 85.8 Å². The van der Waals surface area contributed by atoms with Crippen LogP contribution in [0.15, 0.2) is 36.7 Å². The predicted molar refractivity (Wildman–Crippen MR) is 103 cm³/mol. The van der Waals surface area contributed by atoms with Crippen molar-refractivity contribution >= 4 is 17.4 Å². The summed E-state index contributed by atoms with van der Waals surface area (Å²) in [5.74, 6) is 1.76. The molecule has 2 saturated heterocycles. The van der Waals surface area contributed by atoms with Gasteiger partial charge in [0.05, 0.1) is 17.3 Å². The summed E-state index contributed by atoms with van der Waals surface area (Å²) in [7, 11) is 0. The van der Waals surface area contributed by atoms with Crippen molar-refractivity contribution in [3.63, 3.8) is 0 Å². The van der Waals surface area contributed by atoms with Crippen LogP contribution in [0.3, 0.4) is 0 Å². The summed E-state index contributed by atoms with van der Waals surface area (Å²) < 4.78 is 5.99. The first-order chi connectivity index (χ1) is 13.2. The lowest BCUT2D eigenvalue weighted by Crippen LogP contribution is -2.39. The largest absolute Gasteiger partial charge is 0.441 e. The number of anilines is 2. The Kier molecular flexibility index (Phi) is 5.09. The summed E-state index contributed by atoms with van der Waals surface area (Å²) in [6.45, 7) is 3.48. The van der Waals surface area contributed by atoms with Gasteiger partial charge >= 0.3 is 5.88 Å². The number of carbonyl (C=O) groups excluding carboxylic acids is 1. The number of nitrogens with zero attached hydrogens (tertiary/aromatic N) is 3. The van der Waals surface area contributed by atoms with Crippen LogP contribution in [0.4, 0.5) is 11.5 Å². The summed E-state index contributed by atoms with van der Waals surface area (Å²) >= 11 is 0. The van der Waals surface area contributed by atoms with Crippen molar-refractivity contribution in [2.24, 2.45) is 0 Å². The number of aromatic amines is 1. The van der Waals surface area contributed by atoms with Gasteiger partial charge in [-0.2, -0.15) is 4.98 Å². The fraction of sp³-hybridized carbons (Fsp3) is 0.450. The van der Waals surface area contributed by atoms with Crippen LogP contribution in [-0.4, -0.2) is 48.1 Å². The average molecular weight is 368 g/mol. The minimum atomic E-state index is 0.0957. The highest BCUT2D eigenvalue weighted by molar-refractivity contribution is 5.94. The zero-order valence-corrected chi connectivity index (χ0v) is 15.4. The standard InChI is InChI=1S/C20H25N5O2/c21-16-4-6-19(23-14-16)27-17-7-11-24(12-8-17)18-5-3-15(13-22-18)20(26)25-9-1-2-10-25/h3-6,13-14,17H,1-2,7-12,21H2/p+1. The van der Waals surface area contributed by atoms with Gasteiger partial charge < -0.3 is 20.3 Å². The molecule has 0 spiro atoms. The van der Waals surface area contributed by atoms with E-state index in [9.17, 15) is 4.79 Å². The van der Waals surface area contributed by atoms with E-state index in [0.717, 1.165) is 63.6 Å². The van der Waals surface area contributed by atoms with E-state index in [1.807, 2.05) is 29.2 Å². The van der Waals surface area contributed by atoms with Crippen molar-refractivity contribution in [3.05, 3.63) is 42.2 Å². The van der Waals surface area contributed by atoms with Crippen molar-refractivity contribution in [1.82, 2.24) is 9.88 Å². The van der Waals surface area contributed by atoms with Gasteiger partial charge in [-0.3, -0.25) is 4.79 Å². The molecule has 0 unspecified atom stereocenters. The molecule has 2 aromatic heterocycles. The van der Waals surface area contributed by atoms with Crippen LogP contribution in [0.25, 0.3) is 0 Å². The Labute approximate surface area is 159 Å². The average Bonchev–Trinajstić information content (AvgIpc) is 3.25. The molecule has 0 bridgehead atoms. The number of nitrogen functional groups attached to an aromatic ring is 1. The number of nitrogens with one attached hydrogen (secondary N) is 1. The summed E-state index contributed by atoms with van der Waals surface area (Å²) in [6.07, 6.45) is 7.67. The Bertz CT molecular complexity index is 764. The minimum absolute atomic E-state index is 0.0957. The molecule has 0 aliphatic carbocycles. The molecule has 3 N–H and O–H groups in total. The first-order valence-corrected chi connectivity index (χ1v) is 9.63. The second-order valence-electron chi connectivity index (χ2n) is 7.19. The third-order valence-electron chi connectivity index (χ3n) is 5.26. The van der Waals surface area contributed by atoms with Crippen LogP contribution in [0, 0.1) is 0 Å². The summed E-state index contributed by atoms with van der Waals surface area (Å²) in [5.41, 5.74) is 7.05. The minimum Gasteiger partial charge on any atom is -0.441 e.